The fourth-order valence-electron chi connectivity index (χ4n) is 4.03. The SMILES string of the molecule is Cc1cc(C=C(C(=O)c2ccccc2)c2nc3ccccc3s2)c(C)n1-c1ccc(Br)cc1. The summed E-state index contributed by atoms with van der Waals surface area (Å²) in [6, 6.07) is 27.8. The second-order valence-corrected chi connectivity index (χ2v) is 9.82. The van der Waals surface area contributed by atoms with Crippen LogP contribution in [0.4, 0.5) is 0 Å². The van der Waals surface area contributed by atoms with Crippen molar-refractivity contribution in [2.24, 2.45) is 0 Å². The van der Waals surface area contributed by atoms with Gasteiger partial charge in [0.25, 0.3) is 0 Å². The van der Waals surface area contributed by atoms with Gasteiger partial charge in [0.05, 0.1) is 15.8 Å². The number of Topliss-reactive ketones (excluding diaryl/α,β-unsaturated/α-hetero) is 1. The zero-order chi connectivity index (χ0) is 22.9. The fourth-order valence-corrected chi connectivity index (χ4v) is 5.28. The van der Waals surface area contributed by atoms with E-state index >= 15 is 0 Å². The molecule has 0 N–H and O–H groups in total. The number of aromatic nitrogens is 2. The van der Waals surface area contributed by atoms with Crippen molar-refractivity contribution in [2.45, 2.75) is 13.8 Å². The van der Waals surface area contributed by atoms with E-state index in [4.69, 9.17) is 4.98 Å². The Morgan fingerprint density at radius 3 is 2.36 bits per heavy atom. The molecule has 5 aromatic rings. The molecular formula is C28H21BrN2OS. The Kier molecular flexibility index (Phi) is 5.83. The van der Waals surface area contributed by atoms with Crippen LogP contribution in [0.3, 0.4) is 0 Å². The summed E-state index contributed by atoms with van der Waals surface area (Å²) in [5, 5.41) is 0.735. The molecule has 0 radical (unpaired) electrons. The highest BCUT2D eigenvalue weighted by Crippen LogP contribution is 2.32. The maximum atomic E-state index is 13.6. The molecule has 3 aromatic carbocycles. The van der Waals surface area contributed by atoms with E-state index in [1.165, 1.54) is 0 Å². The molecule has 162 valence electrons. The summed E-state index contributed by atoms with van der Waals surface area (Å²) in [7, 11) is 0. The van der Waals surface area contributed by atoms with Gasteiger partial charge in [-0.2, -0.15) is 0 Å². The van der Waals surface area contributed by atoms with Gasteiger partial charge in [-0.1, -0.05) is 58.4 Å². The number of nitrogens with zero attached hydrogens (tertiary/aromatic N) is 2. The summed E-state index contributed by atoms with van der Waals surface area (Å²) in [4.78, 5) is 18.4. The van der Waals surface area contributed by atoms with E-state index in [0.29, 0.717) is 11.1 Å². The van der Waals surface area contributed by atoms with Gasteiger partial charge in [0.2, 0.25) is 0 Å². The molecule has 33 heavy (non-hydrogen) atoms. The number of carbonyl (C=O) groups is 1. The van der Waals surface area contributed by atoms with Crippen LogP contribution in [0.5, 0.6) is 0 Å². The third-order valence-electron chi connectivity index (χ3n) is 5.66. The lowest BCUT2D eigenvalue weighted by Crippen LogP contribution is -2.03. The molecule has 0 spiro atoms. The van der Waals surface area contributed by atoms with Crippen molar-refractivity contribution in [3.05, 3.63) is 117 Å². The Labute approximate surface area is 205 Å². The summed E-state index contributed by atoms with van der Waals surface area (Å²) in [5.41, 5.74) is 6.46. The molecule has 0 aliphatic carbocycles. The number of carbonyl (C=O) groups excluding carboxylic acids is 1. The molecule has 0 bridgehead atoms. The summed E-state index contributed by atoms with van der Waals surface area (Å²) in [5.74, 6) is -0.0249. The number of halogens is 1. The van der Waals surface area contributed by atoms with Crippen molar-refractivity contribution >= 4 is 54.9 Å². The van der Waals surface area contributed by atoms with Crippen LogP contribution in [-0.4, -0.2) is 15.3 Å². The maximum Gasteiger partial charge on any atom is 0.196 e. The van der Waals surface area contributed by atoms with E-state index in [0.717, 1.165) is 42.3 Å². The van der Waals surface area contributed by atoms with Crippen molar-refractivity contribution in [3.8, 4) is 5.69 Å². The molecule has 0 saturated heterocycles. The summed E-state index contributed by atoms with van der Waals surface area (Å²) in [6.45, 7) is 4.17. The van der Waals surface area contributed by atoms with E-state index in [1.54, 1.807) is 11.3 Å². The smallest absolute Gasteiger partial charge is 0.196 e. The first kappa shape index (κ1) is 21.6. The van der Waals surface area contributed by atoms with E-state index in [1.807, 2.05) is 72.8 Å². The number of hydrogen-bond acceptors (Lipinski definition) is 3. The first-order valence-corrected chi connectivity index (χ1v) is 12.2. The van der Waals surface area contributed by atoms with Gasteiger partial charge in [-0.3, -0.25) is 4.79 Å². The van der Waals surface area contributed by atoms with Gasteiger partial charge in [-0.15, -0.1) is 11.3 Å². The molecule has 0 atom stereocenters. The first-order chi connectivity index (χ1) is 16.0. The zero-order valence-electron chi connectivity index (χ0n) is 18.2. The minimum atomic E-state index is -0.0249. The topological polar surface area (TPSA) is 34.9 Å². The van der Waals surface area contributed by atoms with Gasteiger partial charge >= 0.3 is 0 Å². The number of aryl methyl sites for hydroxylation is 1. The molecule has 0 fully saturated rings. The average Bonchev–Trinajstić information content (AvgIpc) is 3.38. The molecule has 0 amide bonds. The van der Waals surface area contributed by atoms with Gasteiger partial charge in [0.15, 0.2) is 5.78 Å². The van der Waals surface area contributed by atoms with Gasteiger partial charge in [-0.25, -0.2) is 4.98 Å². The molecule has 5 rings (SSSR count). The molecule has 0 aliphatic rings. The molecular weight excluding hydrogens is 492 g/mol. The third kappa shape index (κ3) is 4.22. The fraction of sp³-hybridized carbons (Fsp3) is 0.0714. The van der Waals surface area contributed by atoms with Crippen molar-refractivity contribution < 1.29 is 4.79 Å². The number of thiazole rings is 1. The molecule has 2 heterocycles. The molecule has 0 aliphatic heterocycles. The number of ketones is 1. The van der Waals surface area contributed by atoms with Gasteiger partial charge in [0.1, 0.15) is 5.01 Å². The van der Waals surface area contributed by atoms with Crippen LogP contribution >= 0.6 is 27.3 Å². The summed E-state index contributed by atoms with van der Waals surface area (Å²) >= 11 is 5.06. The molecule has 0 saturated carbocycles. The van der Waals surface area contributed by atoms with Crippen LogP contribution in [0, 0.1) is 13.8 Å². The second-order valence-electron chi connectivity index (χ2n) is 7.88. The predicted octanol–water partition coefficient (Wildman–Crippen LogP) is 7.89. The minimum absolute atomic E-state index is 0.0249. The highest BCUT2D eigenvalue weighted by atomic mass is 79.9. The Balaban J connectivity index is 1.67. The quantitative estimate of drug-likeness (QED) is 0.177. The van der Waals surface area contributed by atoms with Crippen LogP contribution in [0.15, 0.2) is 89.4 Å². The Hall–Kier alpha value is -3.28. The van der Waals surface area contributed by atoms with Crippen molar-refractivity contribution in [1.82, 2.24) is 9.55 Å². The Morgan fingerprint density at radius 1 is 0.939 bits per heavy atom. The van der Waals surface area contributed by atoms with Crippen molar-refractivity contribution in [3.63, 3.8) is 0 Å². The number of benzene rings is 3. The number of allylic oxidation sites excluding steroid dienone is 1. The number of fused-ring (bicyclic) bond motifs is 1. The lowest BCUT2D eigenvalue weighted by Gasteiger charge is -2.10. The Bertz CT molecular complexity index is 1460. The van der Waals surface area contributed by atoms with Crippen LogP contribution in [0.1, 0.15) is 32.3 Å². The number of rotatable bonds is 5. The first-order valence-electron chi connectivity index (χ1n) is 10.6. The van der Waals surface area contributed by atoms with Crippen LogP contribution in [0.2, 0.25) is 0 Å². The van der Waals surface area contributed by atoms with Gasteiger partial charge < -0.3 is 4.57 Å². The van der Waals surface area contributed by atoms with E-state index < -0.39 is 0 Å². The average molecular weight is 513 g/mol. The highest BCUT2D eigenvalue weighted by molar-refractivity contribution is 9.10. The van der Waals surface area contributed by atoms with Crippen LogP contribution in [-0.2, 0) is 0 Å². The van der Waals surface area contributed by atoms with E-state index in [9.17, 15) is 4.79 Å². The second kappa shape index (κ2) is 8.93. The van der Waals surface area contributed by atoms with Crippen LogP contribution in [0.25, 0.3) is 27.6 Å². The lowest BCUT2D eigenvalue weighted by atomic mass is 10.0. The normalized spacial score (nSPS) is 11.8. The summed E-state index contributed by atoms with van der Waals surface area (Å²) < 4.78 is 4.32. The van der Waals surface area contributed by atoms with Gasteiger partial charge in [-0.05, 0) is 68.0 Å². The molecule has 3 nitrogen and oxygen atoms in total. The van der Waals surface area contributed by atoms with Crippen molar-refractivity contribution in [1.29, 1.82) is 0 Å². The maximum absolute atomic E-state index is 13.6. The van der Waals surface area contributed by atoms with E-state index in [-0.39, 0.29) is 5.78 Å². The minimum Gasteiger partial charge on any atom is -0.318 e. The lowest BCUT2D eigenvalue weighted by molar-refractivity contribution is 0.105. The Morgan fingerprint density at radius 2 is 1.64 bits per heavy atom. The molecule has 5 heteroatoms. The standard InChI is InChI=1S/C28H21BrN2OS/c1-18-16-21(19(2)31(18)23-14-12-22(29)13-15-23)17-24(27(32)20-8-4-3-5-9-20)28-30-25-10-6-7-11-26(25)33-28/h3-17H,1-2H3. The van der Waals surface area contributed by atoms with Crippen LogP contribution < -0.4 is 0 Å². The highest BCUT2D eigenvalue weighted by Gasteiger charge is 2.20. The molecule has 0 unspecified atom stereocenters. The van der Waals surface area contributed by atoms with Crippen molar-refractivity contribution in [2.75, 3.05) is 0 Å². The monoisotopic (exact) mass is 512 g/mol. The zero-order valence-corrected chi connectivity index (χ0v) is 20.7. The van der Waals surface area contributed by atoms with Gasteiger partial charge in [0, 0.05) is 27.1 Å². The predicted molar refractivity (Wildman–Crippen MR) is 141 cm³/mol. The largest absolute Gasteiger partial charge is 0.318 e. The van der Waals surface area contributed by atoms with E-state index in [2.05, 4.69) is 52.5 Å². The molecule has 2 aromatic heterocycles. The summed E-state index contributed by atoms with van der Waals surface area (Å²) in [6.07, 6.45) is 1.99. The third-order valence-corrected chi connectivity index (χ3v) is 7.26. The number of hydrogen-bond donors (Lipinski definition) is 0. The number of para-hydroxylation sites is 1.